The molecule has 3 aromatic carbocycles. The van der Waals surface area contributed by atoms with Crippen LogP contribution in [0.5, 0.6) is 5.75 Å². The number of amides is 2. The van der Waals surface area contributed by atoms with Gasteiger partial charge in [0.1, 0.15) is 5.75 Å². The Kier molecular flexibility index (Phi) is 8.28. The molecule has 166 valence electrons. The first-order valence-electron chi connectivity index (χ1n) is 10.6. The Bertz CT molecular complexity index is 1040. The topological polar surface area (TPSA) is 67.4 Å². The molecule has 2 N–H and O–H groups in total. The standard InChI is InChI=1S/C26H27ClN2O3/c1-3-23(19-13-15-20(32-2)16-14-19)28-25(30)17-24(18-9-5-4-6-10-18)29-26(31)21-11-7-8-12-22(21)27/h4-16,23-24H,3,17H2,1-2H3,(H,28,30)(H,29,31). The molecule has 5 nitrogen and oxygen atoms in total. The van der Waals surface area contributed by atoms with Gasteiger partial charge in [0, 0.05) is 0 Å². The van der Waals surface area contributed by atoms with Crippen LogP contribution in [0.3, 0.4) is 0 Å². The van der Waals surface area contributed by atoms with Crippen molar-refractivity contribution in [3.63, 3.8) is 0 Å². The van der Waals surface area contributed by atoms with Gasteiger partial charge in [-0.2, -0.15) is 0 Å². The molecular weight excluding hydrogens is 424 g/mol. The van der Waals surface area contributed by atoms with Crippen molar-refractivity contribution in [1.82, 2.24) is 10.6 Å². The lowest BCUT2D eigenvalue weighted by Crippen LogP contribution is -2.35. The number of halogens is 1. The number of carbonyl (C=O) groups excluding carboxylic acids is 2. The molecular formula is C26H27ClN2O3. The summed E-state index contributed by atoms with van der Waals surface area (Å²) < 4.78 is 5.21. The molecule has 6 heteroatoms. The highest BCUT2D eigenvalue weighted by Crippen LogP contribution is 2.23. The van der Waals surface area contributed by atoms with Gasteiger partial charge >= 0.3 is 0 Å². The van der Waals surface area contributed by atoms with Crippen LogP contribution in [0.4, 0.5) is 0 Å². The molecule has 2 amide bonds. The summed E-state index contributed by atoms with van der Waals surface area (Å²) in [4.78, 5) is 25.8. The highest BCUT2D eigenvalue weighted by Gasteiger charge is 2.22. The minimum absolute atomic E-state index is 0.104. The number of hydrogen-bond acceptors (Lipinski definition) is 3. The lowest BCUT2D eigenvalue weighted by molar-refractivity contribution is -0.122. The molecule has 0 spiro atoms. The summed E-state index contributed by atoms with van der Waals surface area (Å²) in [6.07, 6.45) is 0.840. The minimum Gasteiger partial charge on any atom is -0.497 e. The molecule has 0 radical (unpaired) electrons. The van der Waals surface area contributed by atoms with Crippen molar-refractivity contribution in [3.8, 4) is 5.75 Å². The van der Waals surface area contributed by atoms with Crippen LogP contribution in [0.1, 0.15) is 53.3 Å². The maximum atomic E-state index is 13.0. The molecule has 0 fully saturated rings. The van der Waals surface area contributed by atoms with E-state index >= 15 is 0 Å². The van der Waals surface area contributed by atoms with Gasteiger partial charge < -0.3 is 15.4 Å². The smallest absolute Gasteiger partial charge is 0.253 e. The molecule has 0 saturated heterocycles. The van der Waals surface area contributed by atoms with E-state index in [2.05, 4.69) is 10.6 Å². The molecule has 2 unspecified atom stereocenters. The van der Waals surface area contributed by atoms with Crippen molar-refractivity contribution in [2.24, 2.45) is 0 Å². The summed E-state index contributed by atoms with van der Waals surface area (Å²) in [5, 5.41) is 6.42. The van der Waals surface area contributed by atoms with Crippen LogP contribution >= 0.6 is 11.6 Å². The van der Waals surface area contributed by atoms with E-state index in [0.717, 1.165) is 23.3 Å². The second-order valence-electron chi connectivity index (χ2n) is 7.42. The van der Waals surface area contributed by atoms with Crippen molar-refractivity contribution in [1.29, 1.82) is 0 Å². The Hall–Kier alpha value is -3.31. The average Bonchev–Trinajstić information content (AvgIpc) is 2.83. The molecule has 0 aliphatic heterocycles. The largest absolute Gasteiger partial charge is 0.497 e. The fourth-order valence-corrected chi connectivity index (χ4v) is 3.74. The van der Waals surface area contributed by atoms with Gasteiger partial charge in [0.15, 0.2) is 0 Å². The summed E-state index contributed by atoms with van der Waals surface area (Å²) in [7, 11) is 1.62. The average molecular weight is 451 g/mol. The maximum absolute atomic E-state index is 13.0. The van der Waals surface area contributed by atoms with E-state index in [1.54, 1.807) is 31.4 Å². The van der Waals surface area contributed by atoms with Gasteiger partial charge in [-0.25, -0.2) is 0 Å². The van der Waals surface area contributed by atoms with E-state index in [1.807, 2.05) is 61.5 Å². The number of nitrogens with one attached hydrogen (secondary N) is 2. The van der Waals surface area contributed by atoms with Gasteiger partial charge in [-0.05, 0) is 41.8 Å². The monoisotopic (exact) mass is 450 g/mol. The summed E-state index contributed by atoms with van der Waals surface area (Å²) in [6.45, 7) is 2.02. The lowest BCUT2D eigenvalue weighted by atomic mass is 10.0. The van der Waals surface area contributed by atoms with Gasteiger partial charge in [-0.1, -0.05) is 73.1 Å². The lowest BCUT2D eigenvalue weighted by Gasteiger charge is -2.22. The number of rotatable bonds is 9. The maximum Gasteiger partial charge on any atom is 0.253 e. The van der Waals surface area contributed by atoms with Crippen LogP contribution in [0.15, 0.2) is 78.9 Å². The number of benzene rings is 3. The first kappa shape index (κ1) is 23.4. The third kappa shape index (κ3) is 6.11. The van der Waals surface area contributed by atoms with Crippen LogP contribution < -0.4 is 15.4 Å². The highest BCUT2D eigenvalue weighted by molar-refractivity contribution is 6.33. The van der Waals surface area contributed by atoms with Crippen molar-refractivity contribution in [2.75, 3.05) is 7.11 Å². The van der Waals surface area contributed by atoms with Crippen molar-refractivity contribution < 1.29 is 14.3 Å². The van der Waals surface area contributed by atoms with Crippen LogP contribution in [0, 0.1) is 0 Å². The Morgan fingerprint density at radius 2 is 1.47 bits per heavy atom. The molecule has 3 rings (SSSR count). The van der Waals surface area contributed by atoms with Crippen molar-refractivity contribution >= 4 is 23.4 Å². The zero-order valence-electron chi connectivity index (χ0n) is 18.2. The van der Waals surface area contributed by atoms with E-state index in [1.165, 1.54) is 0 Å². The quantitative estimate of drug-likeness (QED) is 0.453. The normalized spacial score (nSPS) is 12.5. The number of carbonyl (C=O) groups is 2. The predicted molar refractivity (Wildman–Crippen MR) is 127 cm³/mol. The van der Waals surface area contributed by atoms with Gasteiger partial charge in [0.25, 0.3) is 5.91 Å². The Morgan fingerprint density at radius 3 is 2.09 bits per heavy atom. The summed E-state index contributed by atoms with van der Waals surface area (Å²) in [5.74, 6) is 0.293. The third-order valence-corrected chi connectivity index (χ3v) is 5.61. The van der Waals surface area contributed by atoms with Gasteiger partial charge in [-0.15, -0.1) is 0 Å². The molecule has 0 saturated carbocycles. The summed E-state index contributed by atoms with van der Waals surface area (Å²) in [6, 6.07) is 23.3. The van der Waals surface area contributed by atoms with Crippen LogP contribution in [0.2, 0.25) is 5.02 Å². The van der Waals surface area contributed by atoms with Gasteiger partial charge in [0.05, 0.1) is 36.2 Å². The van der Waals surface area contributed by atoms with Crippen LogP contribution in [0.25, 0.3) is 0 Å². The van der Waals surface area contributed by atoms with E-state index in [9.17, 15) is 9.59 Å². The van der Waals surface area contributed by atoms with Crippen LogP contribution in [-0.4, -0.2) is 18.9 Å². The first-order valence-corrected chi connectivity index (χ1v) is 10.9. The fourth-order valence-electron chi connectivity index (χ4n) is 3.51. The summed E-state index contributed by atoms with van der Waals surface area (Å²) >= 11 is 6.18. The highest BCUT2D eigenvalue weighted by atomic mass is 35.5. The van der Waals surface area contributed by atoms with E-state index < -0.39 is 6.04 Å². The molecule has 0 aliphatic rings. The zero-order valence-corrected chi connectivity index (χ0v) is 18.9. The molecule has 2 atom stereocenters. The Labute approximate surface area is 193 Å². The number of ether oxygens (including phenoxy) is 1. The Balaban J connectivity index is 1.74. The molecule has 0 bridgehead atoms. The fraction of sp³-hybridized carbons (Fsp3) is 0.231. The molecule has 0 heterocycles. The van der Waals surface area contributed by atoms with E-state index in [0.29, 0.717) is 10.6 Å². The molecule has 0 aliphatic carbocycles. The number of methoxy groups -OCH3 is 1. The Morgan fingerprint density at radius 1 is 0.844 bits per heavy atom. The molecule has 0 aromatic heterocycles. The molecule has 3 aromatic rings. The second-order valence-corrected chi connectivity index (χ2v) is 7.83. The van der Waals surface area contributed by atoms with Gasteiger partial charge in [-0.3, -0.25) is 9.59 Å². The minimum atomic E-state index is -0.492. The SMILES string of the molecule is CCC(NC(=O)CC(NC(=O)c1ccccc1Cl)c1ccccc1)c1ccc(OC)cc1. The second kappa shape index (κ2) is 11.3. The van der Waals surface area contributed by atoms with E-state index in [-0.39, 0.29) is 24.3 Å². The van der Waals surface area contributed by atoms with Gasteiger partial charge in [0.2, 0.25) is 5.91 Å². The summed E-state index contributed by atoms with van der Waals surface area (Å²) in [5.41, 5.74) is 2.22. The van der Waals surface area contributed by atoms with Crippen molar-refractivity contribution in [3.05, 3.63) is 101 Å². The predicted octanol–water partition coefficient (Wildman–Crippen LogP) is 5.48. The number of hydrogen-bond donors (Lipinski definition) is 2. The van der Waals surface area contributed by atoms with Crippen LogP contribution in [-0.2, 0) is 4.79 Å². The first-order chi connectivity index (χ1) is 15.5. The van der Waals surface area contributed by atoms with E-state index in [4.69, 9.17) is 16.3 Å². The van der Waals surface area contributed by atoms with Crippen molar-refractivity contribution in [2.45, 2.75) is 31.8 Å². The third-order valence-electron chi connectivity index (χ3n) is 5.28. The molecule has 32 heavy (non-hydrogen) atoms. The zero-order chi connectivity index (χ0) is 22.9.